The van der Waals surface area contributed by atoms with Gasteiger partial charge in [-0.2, -0.15) is 10.2 Å². The zero-order chi connectivity index (χ0) is 37.7. The second-order valence-electron chi connectivity index (χ2n) is 12.7. The Morgan fingerprint density at radius 1 is 0.456 bits per heavy atom. The van der Waals surface area contributed by atoms with Gasteiger partial charge in [0.25, 0.3) is 0 Å². The first kappa shape index (κ1) is 36.8. The van der Waals surface area contributed by atoms with Crippen LogP contribution in [0.25, 0.3) is 90.1 Å². The van der Waals surface area contributed by atoms with E-state index in [1.54, 1.807) is 12.3 Å². The minimum absolute atomic E-state index is 0. The van der Waals surface area contributed by atoms with Crippen molar-refractivity contribution >= 4 is 21.8 Å². The van der Waals surface area contributed by atoms with Gasteiger partial charge in [0.15, 0.2) is 17.5 Å². The molecule has 0 unspecified atom stereocenters. The molecule has 5 aromatic heterocycles. The molecule has 10 nitrogen and oxygen atoms in total. The predicted octanol–water partition coefficient (Wildman–Crippen LogP) is 9.17. The molecule has 0 atom stereocenters. The van der Waals surface area contributed by atoms with Crippen LogP contribution in [0, 0.1) is 12.1 Å². The molecule has 11 heteroatoms. The molecule has 5 heterocycles. The van der Waals surface area contributed by atoms with Crippen molar-refractivity contribution in [1.82, 2.24) is 49.9 Å². The number of nitrogens with zero attached hydrogens (tertiary/aromatic N) is 10. The Morgan fingerprint density at radius 3 is 1.74 bits per heavy atom. The van der Waals surface area contributed by atoms with Crippen LogP contribution < -0.4 is 0 Å². The summed E-state index contributed by atoms with van der Waals surface area (Å²) in [4.78, 5) is 23.5. The van der Waals surface area contributed by atoms with Gasteiger partial charge in [0.2, 0.25) is 5.82 Å². The molecular weight excluding hydrogens is 885 g/mol. The van der Waals surface area contributed by atoms with Gasteiger partial charge in [0.05, 0.1) is 0 Å². The third-order valence-corrected chi connectivity index (χ3v) is 9.16. The molecule has 275 valence electrons. The minimum Gasteiger partial charge on any atom is -0.383 e. The Kier molecular flexibility index (Phi) is 10.7. The molecule has 0 saturated carbocycles. The molecular formula is C46H30IrN10-2. The molecule has 0 spiro atoms. The second-order valence-corrected chi connectivity index (χ2v) is 12.7. The van der Waals surface area contributed by atoms with Crippen LogP contribution in [0.2, 0.25) is 0 Å². The number of hydrogen-bond acceptors (Lipinski definition) is 9. The van der Waals surface area contributed by atoms with Gasteiger partial charge in [-0.05, 0) is 40.9 Å². The summed E-state index contributed by atoms with van der Waals surface area (Å²) < 4.78 is 2.22. The van der Waals surface area contributed by atoms with E-state index in [9.17, 15) is 0 Å². The SMILES string of the molecule is Cn1c2ccccc2c2cc[c-]c(-c3cc(-c4nc(-c5ccccc5)nc(-c5ccccc5)n4)ccn3)c21.[Ir].[c-]1ccccc1-c1nnc(-c2ccccn2)nn1. The van der Waals surface area contributed by atoms with Crippen LogP contribution in [0.5, 0.6) is 0 Å². The number of hydrogen-bond donors (Lipinski definition) is 0. The first-order valence-electron chi connectivity index (χ1n) is 17.9. The maximum atomic E-state index is 4.88. The summed E-state index contributed by atoms with van der Waals surface area (Å²) in [5.74, 6) is 2.74. The zero-order valence-electron chi connectivity index (χ0n) is 30.4. The Balaban J connectivity index is 0.000000201. The summed E-state index contributed by atoms with van der Waals surface area (Å²) in [6, 6.07) is 55.9. The van der Waals surface area contributed by atoms with Crippen LogP contribution in [0.1, 0.15) is 0 Å². The molecule has 5 aromatic carbocycles. The average Bonchev–Trinajstić information content (AvgIpc) is 3.59. The van der Waals surface area contributed by atoms with Gasteiger partial charge in [-0.15, -0.1) is 69.9 Å². The average molecular weight is 915 g/mol. The van der Waals surface area contributed by atoms with E-state index in [2.05, 4.69) is 79.5 Å². The van der Waals surface area contributed by atoms with E-state index in [-0.39, 0.29) is 20.1 Å². The molecule has 10 rings (SSSR count). The largest absolute Gasteiger partial charge is 0.383 e. The van der Waals surface area contributed by atoms with Gasteiger partial charge in [-0.1, -0.05) is 96.4 Å². The van der Waals surface area contributed by atoms with Gasteiger partial charge in [-0.3, -0.25) is 4.98 Å². The van der Waals surface area contributed by atoms with E-state index in [0.717, 1.165) is 39.0 Å². The molecule has 0 aliphatic carbocycles. The van der Waals surface area contributed by atoms with Crippen molar-refractivity contribution in [3.05, 3.63) is 176 Å². The number of pyridine rings is 2. The molecule has 0 bridgehead atoms. The van der Waals surface area contributed by atoms with Gasteiger partial charge >= 0.3 is 0 Å². The Morgan fingerprint density at radius 2 is 1.07 bits per heavy atom. The van der Waals surface area contributed by atoms with E-state index in [0.29, 0.717) is 34.8 Å². The summed E-state index contributed by atoms with van der Waals surface area (Å²) in [5, 5.41) is 18.5. The smallest absolute Gasteiger partial charge is 0.220 e. The van der Waals surface area contributed by atoms with Crippen LogP contribution in [-0.4, -0.2) is 49.9 Å². The van der Waals surface area contributed by atoms with Crippen LogP contribution in [0.3, 0.4) is 0 Å². The third kappa shape index (κ3) is 7.70. The number of aromatic nitrogens is 10. The number of fused-ring (bicyclic) bond motifs is 3. The van der Waals surface area contributed by atoms with Crippen molar-refractivity contribution in [3.8, 4) is 68.3 Å². The van der Waals surface area contributed by atoms with Crippen molar-refractivity contribution < 1.29 is 20.1 Å². The molecule has 0 aliphatic heterocycles. The summed E-state index contributed by atoms with van der Waals surface area (Å²) in [7, 11) is 2.09. The van der Waals surface area contributed by atoms with E-state index >= 15 is 0 Å². The van der Waals surface area contributed by atoms with Crippen LogP contribution in [0.4, 0.5) is 0 Å². The number of rotatable bonds is 6. The molecule has 0 amide bonds. The second kappa shape index (κ2) is 16.7. The summed E-state index contributed by atoms with van der Waals surface area (Å²) >= 11 is 0. The summed E-state index contributed by atoms with van der Waals surface area (Å²) in [6.07, 6.45) is 3.49. The summed E-state index contributed by atoms with van der Waals surface area (Å²) in [6.45, 7) is 0. The van der Waals surface area contributed by atoms with Crippen molar-refractivity contribution in [2.75, 3.05) is 0 Å². The van der Waals surface area contributed by atoms with Crippen LogP contribution in [0.15, 0.2) is 164 Å². The molecule has 57 heavy (non-hydrogen) atoms. The Hall–Kier alpha value is -7.20. The number of aryl methyl sites for hydroxylation is 1. The number of para-hydroxylation sites is 1. The Bertz CT molecular complexity index is 2790. The van der Waals surface area contributed by atoms with E-state index in [4.69, 9.17) is 19.9 Å². The van der Waals surface area contributed by atoms with Gasteiger partial charge in [-0.25, -0.2) is 15.0 Å². The molecule has 0 aliphatic rings. The van der Waals surface area contributed by atoms with Gasteiger partial charge < -0.3 is 9.55 Å². The maximum absolute atomic E-state index is 4.88. The first-order valence-corrected chi connectivity index (χ1v) is 17.9. The molecule has 0 N–H and O–H groups in total. The quantitative estimate of drug-likeness (QED) is 0.151. The maximum Gasteiger partial charge on any atom is 0.220 e. The summed E-state index contributed by atoms with van der Waals surface area (Å²) in [5.41, 5.74) is 8.22. The zero-order valence-corrected chi connectivity index (χ0v) is 32.8. The van der Waals surface area contributed by atoms with E-state index in [1.165, 1.54) is 16.3 Å². The van der Waals surface area contributed by atoms with Gasteiger partial charge in [0, 0.05) is 61.8 Å². The van der Waals surface area contributed by atoms with Crippen molar-refractivity contribution in [1.29, 1.82) is 0 Å². The van der Waals surface area contributed by atoms with Crippen molar-refractivity contribution in [2.24, 2.45) is 7.05 Å². The van der Waals surface area contributed by atoms with Gasteiger partial charge in [0.1, 0.15) is 11.5 Å². The van der Waals surface area contributed by atoms with Crippen molar-refractivity contribution in [3.63, 3.8) is 0 Å². The van der Waals surface area contributed by atoms with E-state index < -0.39 is 0 Å². The predicted molar refractivity (Wildman–Crippen MR) is 217 cm³/mol. The topological polar surface area (TPSA) is 121 Å². The normalized spacial score (nSPS) is 10.8. The van der Waals surface area contributed by atoms with E-state index in [1.807, 2.05) is 121 Å². The van der Waals surface area contributed by atoms with Crippen LogP contribution in [-0.2, 0) is 27.2 Å². The fraction of sp³-hybridized carbons (Fsp3) is 0.0217. The number of benzene rings is 5. The van der Waals surface area contributed by atoms with Crippen LogP contribution >= 0.6 is 0 Å². The fourth-order valence-electron chi connectivity index (χ4n) is 6.48. The molecule has 10 aromatic rings. The first-order chi connectivity index (χ1) is 27.7. The molecule has 0 saturated heterocycles. The molecule has 1 radical (unpaired) electrons. The Labute approximate surface area is 341 Å². The molecule has 0 fully saturated rings. The minimum atomic E-state index is 0. The monoisotopic (exact) mass is 915 g/mol. The van der Waals surface area contributed by atoms with Crippen molar-refractivity contribution in [2.45, 2.75) is 0 Å². The standard InChI is InChI=1S/C33H22N5.C13H8N5.Ir/c1-38-29-18-9-8-15-25(29)26-16-10-17-27(30(26)38)28-21-24(19-20-34-28)33-36-31(22-11-4-2-5-12-22)35-32(37-33)23-13-6-3-7-14-23;1-2-6-10(7-3-1)12-15-17-13(18-16-12)11-8-4-5-9-14-11;/h2-16,18-21H,1H3;1-6,8-9H;/q2*-1;. The fourth-order valence-corrected chi connectivity index (χ4v) is 6.48. The third-order valence-electron chi connectivity index (χ3n) is 9.16.